The first-order chi connectivity index (χ1) is 12.2. The number of methoxy groups -OCH3 is 2. The number of hydrogen-bond acceptors (Lipinski definition) is 3. The van der Waals surface area contributed by atoms with Crippen molar-refractivity contribution in [1.29, 1.82) is 0 Å². The number of hydrogen-bond donors (Lipinski definition) is 1. The number of H-pyrrole nitrogens is 1. The minimum atomic E-state index is 0.00520. The highest BCUT2D eigenvalue weighted by molar-refractivity contribution is 6.14. The Hall–Kier alpha value is -2.95. The third-order valence-electron chi connectivity index (χ3n) is 4.77. The molecule has 0 radical (unpaired) electrons. The summed E-state index contributed by atoms with van der Waals surface area (Å²) in [5.41, 5.74) is 3.73. The van der Waals surface area contributed by atoms with Gasteiger partial charge in [0.15, 0.2) is 11.5 Å². The molecule has 1 amide bonds. The number of aromatic nitrogens is 1. The van der Waals surface area contributed by atoms with E-state index in [0.717, 1.165) is 36.0 Å². The molecule has 2 heterocycles. The predicted octanol–water partition coefficient (Wildman–Crippen LogP) is 3.78. The second-order valence-electron chi connectivity index (χ2n) is 6.14. The topological polar surface area (TPSA) is 54.6 Å². The quantitative estimate of drug-likeness (QED) is 0.792. The highest BCUT2D eigenvalue weighted by Gasteiger charge is 2.25. The van der Waals surface area contributed by atoms with Crippen LogP contribution >= 0.6 is 0 Å². The van der Waals surface area contributed by atoms with E-state index in [4.69, 9.17) is 9.47 Å². The number of nitrogens with one attached hydrogen (secondary N) is 1. The summed E-state index contributed by atoms with van der Waals surface area (Å²) in [6.07, 6.45) is 3.75. The molecule has 0 aliphatic carbocycles. The first kappa shape index (κ1) is 15.6. The largest absolute Gasteiger partial charge is 0.493 e. The lowest BCUT2D eigenvalue weighted by Gasteiger charge is -2.29. The number of amides is 1. The van der Waals surface area contributed by atoms with Gasteiger partial charge in [0.1, 0.15) is 0 Å². The second kappa shape index (κ2) is 6.16. The van der Waals surface area contributed by atoms with Crippen molar-refractivity contribution in [1.82, 2.24) is 4.98 Å². The predicted molar refractivity (Wildman–Crippen MR) is 97.8 cm³/mol. The highest BCUT2D eigenvalue weighted by atomic mass is 16.5. The molecule has 5 nitrogen and oxygen atoms in total. The van der Waals surface area contributed by atoms with Crippen LogP contribution in [-0.4, -0.2) is 31.7 Å². The van der Waals surface area contributed by atoms with Crippen LogP contribution in [0, 0.1) is 0 Å². The number of carbonyl (C=O) groups is 1. The van der Waals surface area contributed by atoms with Crippen molar-refractivity contribution < 1.29 is 14.3 Å². The van der Waals surface area contributed by atoms with Crippen LogP contribution in [0.15, 0.2) is 42.6 Å². The van der Waals surface area contributed by atoms with Crippen molar-refractivity contribution in [3.05, 3.63) is 53.7 Å². The van der Waals surface area contributed by atoms with E-state index in [-0.39, 0.29) is 5.91 Å². The normalized spacial score (nSPS) is 13.6. The molecule has 0 fully saturated rings. The molecule has 0 spiro atoms. The molecule has 3 aromatic rings. The summed E-state index contributed by atoms with van der Waals surface area (Å²) >= 11 is 0. The molecule has 0 unspecified atom stereocenters. The van der Waals surface area contributed by atoms with E-state index >= 15 is 0 Å². The Labute approximate surface area is 146 Å². The van der Waals surface area contributed by atoms with Crippen LogP contribution < -0.4 is 14.4 Å². The van der Waals surface area contributed by atoms with Gasteiger partial charge in [-0.05, 0) is 30.5 Å². The first-order valence-electron chi connectivity index (χ1n) is 8.36. The molecular weight excluding hydrogens is 316 g/mol. The first-order valence-corrected chi connectivity index (χ1v) is 8.36. The average molecular weight is 336 g/mol. The number of aromatic amines is 1. The van der Waals surface area contributed by atoms with Crippen molar-refractivity contribution in [3.63, 3.8) is 0 Å². The van der Waals surface area contributed by atoms with Crippen LogP contribution in [0.5, 0.6) is 11.5 Å². The number of ether oxygens (including phenoxy) is 2. The smallest absolute Gasteiger partial charge is 0.260 e. The summed E-state index contributed by atoms with van der Waals surface area (Å²) in [4.78, 5) is 18.3. The number of para-hydroxylation sites is 1. The van der Waals surface area contributed by atoms with Gasteiger partial charge in [-0.15, -0.1) is 0 Å². The molecule has 2 aromatic carbocycles. The van der Waals surface area contributed by atoms with Crippen LogP contribution in [-0.2, 0) is 6.42 Å². The van der Waals surface area contributed by atoms with Gasteiger partial charge in [-0.1, -0.05) is 18.2 Å². The molecule has 25 heavy (non-hydrogen) atoms. The Morgan fingerprint density at radius 3 is 2.68 bits per heavy atom. The Morgan fingerprint density at radius 1 is 1.12 bits per heavy atom. The third-order valence-corrected chi connectivity index (χ3v) is 4.77. The summed E-state index contributed by atoms with van der Waals surface area (Å²) in [5.74, 6) is 1.26. The van der Waals surface area contributed by atoms with Gasteiger partial charge in [-0.2, -0.15) is 0 Å². The fourth-order valence-corrected chi connectivity index (χ4v) is 3.52. The molecule has 0 saturated heterocycles. The van der Waals surface area contributed by atoms with Crippen LogP contribution in [0.25, 0.3) is 10.9 Å². The van der Waals surface area contributed by atoms with Gasteiger partial charge in [0.2, 0.25) is 0 Å². The molecule has 0 atom stereocenters. The maximum absolute atomic E-state index is 13.2. The molecule has 4 rings (SSSR count). The molecule has 1 aliphatic heterocycles. The van der Waals surface area contributed by atoms with Crippen LogP contribution in [0.2, 0.25) is 0 Å². The maximum Gasteiger partial charge on any atom is 0.260 e. The van der Waals surface area contributed by atoms with Gasteiger partial charge in [0, 0.05) is 29.9 Å². The molecule has 1 N–H and O–H groups in total. The minimum absolute atomic E-state index is 0.00520. The molecule has 128 valence electrons. The number of nitrogens with zero attached hydrogens (tertiary/aromatic N) is 1. The Bertz CT molecular complexity index is 945. The van der Waals surface area contributed by atoms with Gasteiger partial charge in [-0.3, -0.25) is 4.79 Å². The molecule has 5 heteroatoms. The van der Waals surface area contributed by atoms with Gasteiger partial charge in [0.05, 0.1) is 25.3 Å². The van der Waals surface area contributed by atoms with Gasteiger partial charge in [-0.25, -0.2) is 0 Å². The molecule has 0 saturated carbocycles. The Balaban J connectivity index is 1.79. The van der Waals surface area contributed by atoms with E-state index in [0.29, 0.717) is 17.1 Å². The number of aryl methyl sites for hydroxylation is 1. The summed E-state index contributed by atoms with van der Waals surface area (Å²) in [6, 6.07) is 11.8. The van der Waals surface area contributed by atoms with Gasteiger partial charge >= 0.3 is 0 Å². The van der Waals surface area contributed by atoms with Crippen LogP contribution in [0.1, 0.15) is 22.3 Å². The van der Waals surface area contributed by atoms with Crippen molar-refractivity contribution in [3.8, 4) is 11.5 Å². The van der Waals surface area contributed by atoms with E-state index in [1.807, 2.05) is 35.2 Å². The molecular formula is C20H20N2O3. The Kier molecular flexibility index (Phi) is 3.84. The Morgan fingerprint density at radius 2 is 1.88 bits per heavy atom. The zero-order chi connectivity index (χ0) is 17.4. The minimum Gasteiger partial charge on any atom is -0.493 e. The average Bonchev–Trinajstić information content (AvgIpc) is 3.08. The summed E-state index contributed by atoms with van der Waals surface area (Å²) in [6.45, 7) is 0.732. The molecule has 0 bridgehead atoms. The fraction of sp³-hybridized carbons (Fsp3) is 0.250. The number of benzene rings is 2. The molecule has 1 aliphatic rings. The standard InChI is InChI=1S/C20H20N2O3/c1-24-18-10-14-15(12-21-16(14)11-19(18)25-2)20(23)22-9-5-7-13-6-3-4-8-17(13)22/h3-4,6,8,10-12,21H,5,7,9H2,1-2H3. The second-order valence-corrected chi connectivity index (χ2v) is 6.14. The third kappa shape index (κ3) is 2.52. The van der Waals surface area contributed by atoms with Gasteiger partial charge < -0.3 is 19.4 Å². The zero-order valence-electron chi connectivity index (χ0n) is 14.3. The van der Waals surface area contributed by atoms with Crippen molar-refractivity contribution >= 4 is 22.5 Å². The van der Waals surface area contributed by atoms with E-state index in [1.54, 1.807) is 20.4 Å². The van der Waals surface area contributed by atoms with Crippen LogP contribution in [0.3, 0.4) is 0 Å². The van der Waals surface area contributed by atoms with E-state index in [9.17, 15) is 4.79 Å². The lowest BCUT2D eigenvalue weighted by atomic mass is 10.0. The van der Waals surface area contributed by atoms with Crippen molar-refractivity contribution in [2.75, 3.05) is 25.7 Å². The highest BCUT2D eigenvalue weighted by Crippen LogP contribution is 2.35. The molecule has 1 aromatic heterocycles. The number of carbonyl (C=O) groups excluding carboxylic acids is 1. The maximum atomic E-state index is 13.2. The number of rotatable bonds is 3. The summed E-state index contributed by atoms with van der Waals surface area (Å²) in [7, 11) is 3.20. The summed E-state index contributed by atoms with van der Waals surface area (Å²) < 4.78 is 10.7. The summed E-state index contributed by atoms with van der Waals surface area (Å²) in [5, 5.41) is 0.839. The number of fused-ring (bicyclic) bond motifs is 2. The lowest BCUT2D eigenvalue weighted by molar-refractivity contribution is 0.0986. The van der Waals surface area contributed by atoms with Crippen molar-refractivity contribution in [2.24, 2.45) is 0 Å². The zero-order valence-corrected chi connectivity index (χ0v) is 14.3. The van der Waals surface area contributed by atoms with Crippen LogP contribution in [0.4, 0.5) is 5.69 Å². The van der Waals surface area contributed by atoms with E-state index in [2.05, 4.69) is 11.1 Å². The number of anilines is 1. The van der Waals surface area contributed by atoms with Gasteiger partial charge in [0.25, 0.3) is 5.91 Å². The van der Waals surface area contributed by atoms with E-state index < -0.39 is 0 Å². The fourth-order valence-electron chi connectivity index (χ4n) is 3.52. The SMILES string of the molecule is COc1cc2[nH]cc(C(=O)N3CCCc4ccccc43)c2cc1OC. The monoisotopic (exact) mass is 336 g/mol. The lowest BCUT2D eigenvalue weighted by Crippen LogP contribution is -2.35. The van der Waals surface area contributed by atoms with E-state index in [1.165, 1.54) is 5.56 Å². The van der Waals surface area contributed by atoms with Crippen molar-refractivity contribution in [2.45, 2.75) is 12.8 Å².